The molecular formula is C24H29BrF2N4O2. The van der Waals surface area contributed by atoms with E-state index in [-0.39, 0.29) is 18.7 Å². The topological polar surface area (TPSA) is 63.4 Å². The summed E-state index contributed by atoms with van der Waals surface area (Å²) in [4.78, 5) is 5.99. The molecule has 6 nitrogen and oxygen atoms in total. The summed E-state index contributed by atoms with van der Waals surface area (Å²) in [7, 11) is 0. The molecule has 9 heteroatoms. The second-order valence-electron chi connectivity index (χ2n) is 8.53. The van der Waals surface area contributed by atoms with Gasteiger partial charge in [0.25, 0.3) is 0 Å². The van der Waals surface area contributed by atoms with Gasteiger partial charge in [-0.3, -0.25) is 4.90 Å². The maximum Gasteiger partial charge on any atom is 0.137 e. The zero-order valence-electron chi connectivity index (χ0n) is 18.8. The van der Waals surface area contributed by atoms with Crippen LogP contribution in [0, 0.1) is 17.6 Å². The summed E-state index contributed by atoms with van der Waals surface area (Å²) in [6.45, 7) is 6.13. The Hall–Kier alpha value is -2.36. The first-order chi connectivity index (χ1) is 15.7. The Bertz CT molecular complexity index is 1000. The predicted octanol–water partition coefficient (Wildman–Crippen LogP) is 4.63. The fourth-order valence-electron chi connectivity index (χ4n) is 3.80. The molecule has 0 aliphatic rings. The van der Waals surface area contributed by atoms with Crippen molar-refractivity contribution in [1.82, 2.24) is 19.7 Å². The predicted molar refractivity (Wildman–Crippen MR) is 126 cm³/mol. The lowest BCUT2D eigenvalue weighted by Gasteiger charge is -2.35. The molecule has 0 bridgehead atoms. The summed E-state index contributed by atoms with van der Waals surface area (Å²) in [5.74, 6) is -0.375. The van der Waals surface area contributed by atoms with Crippen molar-refractivity contribution in [2.45, 2.75) is 32.4 Å². The van der Waals surface area contributed by atoms with Gasteiger partial charge in [0.2, 0.25) is 0 Å². The van der Waals surface area contributed by atoms with Crippen LogP contribution in [0.3, 0.4) is 0 Å². The highest BCUT2D eigenvalue weighted by atomic mass is 79.9. The highest BCUT2D eigenvalue weighted by molar-refractivity contribution is 9.10. The van der Waals surface area contributed by atoms with Gasteiger partial charge >= 0.3 is 0 Å². The van der Waals surface area contributed by atoms with Crippen LogP contribution in [0.15, 0.2) is 59.6 Å². The van der Waals surface area contributed by atoms with Crippen molar-refractivity contribution in [1.29, 1.82) is 0 Å². The van der Waals surface area contributed by atoms with Gasteiger partial charge in [-0.2, -0.15) is 5.10 Å². The zero-order valence-corrected chi connectivity index (χ0v) is 20.4. The normalized spacial score (nSPS) is 13.5. The summed E-state index contributed by atoms with van der Waals surface area (Å²) < 4.78 is 36.5. The molecule has 1 unspecified atom stereocenters. The van der Waals surface area contributed by atoms with E-state index in [0.29, 0.717) is 32.0 Å². The monoisotopic (exact) mass is 522 g/mol. The largest absolute Gasteiger partial charge is 0.494 e. The van der Waals surface area contributed by atoms with Gasteiger partial charge in [0.1, 0.15) is 35.6 Å². The Morgan fingerprint density at radius 3 is 2.58 bits per heavy atom. The number of hydrogen-bond acceptors (Lipinski definition) is 5. The van der Waals surface area contributed by atoms with E-state index in [4.69, 9.17) is 4.74 Å². The van der Waals surface area contributed by atoms with Gasteiger partial charge in [0.05, 0.1) is 13.2 Å². The molecule has 0 saturated carbocycles. The van der Waals surface area contributed by atoms with Crippen LogP contribution in [0.4, 0.5) is 8.78 Å². The molecule has 1 heterocycles. The van der Waals surface area contributed by atoms with Crippen LogP contribution in [0.2, 0.25) is 0 Å². The molecule has 1 N–H and O–H groups in total. The summed E-state index contributed by atoms with van der Waals surface area (Å²) in [6, 6.07) is 10.9. The first-order valence-electron chi connectivity index (χ1n) is 10.9. The summed E-state index contributed by atoms with van der Waals surface area (Å²) in [6.07, 6.45) is 3.53. The smallest absolute Gasteiger partial charge is 0.137 e. The molecule has 0 aliphatic heterocycles. The van der Waals surface area contributed by atoms with Crippen molar-refractivity contribution in [2.24, 2.45) is 5.92 Å². The Morgan fingerprint density at radius 2 is 1.94 bits per heavy atom. The molecular weight excluding hydrogens is 494 g/mol. The minimum atomic E-state index is -1.63. The van der Waals surface area contributed by atoms with Gasteiger partial charge in [0, 0.05) is 35.7 Å². The maximum atomic E-state index is 14.7. The van der Waals surface area contributed by atoms with Crippen molar-refractivity contribution < 1.29 is 18.6 Å². The van der Waals surface area contributed by atoms with Crippen LogP contribution in [-0.4, -0.2) is 51.0 Å². The van der Waals surface area contributed by atoms with E-state index in [1.165, 1.54) is 23.4 Å². The highest BCUT2D eigenvalue weighted by Gasteiger charge is 2.35. The molecule has 2 aromatic carbocycles. The molecule has 1 atom stereocenters. The zero-order chi connectivity index (χ0) is 23.8. The fraction of sp³-hybridized carbons (Fsp3) is 0.417. The van der Waals surface area contributed by atoms with Gasteiger partial charge in [-0.1, -0.05) is 35.8 Å². The average Bonchev–Trinajstić information content (AvgIpc) is 3.24. The van der Waals surface area contributed by atoms with Gasteiger partial charge in [-0.15, -0.1) is 0 Å². The van der Waals surface area contributed by atoms with Gasteiger partial charge in [-0.05, 0) is 42.7 Å². The second-order valence-corrected chi connectivity index (χ2v) is 9.45. The summed E-state index contributed by atoms with van der Waals surface area (Å²) >= 11 is 3.40. The number of aromatic nitrogens is 3. The minimum absolute atomic E-state index is 0.0143. The third kappa shape index (κ3) is 7.58. The van der Waals surface area contributed by atoms with E-state index in [2.05, 4.69) is 44.8 Å². The summed E-state index contributed by atoms with van der Waals surface area (Å²) in [5, 5.41) is 15.7. The highest BCUT2D eigenvalue weighted by Crippen LogP contribution is 2.28. The Morgan fingerprint density at radius 1 is 1.18 bits per heavy atom. The van der Waals surface area contributed by atoms with Crippen molar-refractivity contribution in [3.63, 3.8) is 0 Å². The third-order valence-electron chi connectivity index (χ3n) is 5.13. The molecule has 0 radical (unpaired) electrons. The number of aliphatic hydroxyl groups is 1. The van der Waals surface area contributed by atoms with E-state index in [0.717, 1.165) is 22.4 Å². The van der Waals surface area contributed by atoms with Crippen molar-refractivity contribution in [3.8, 4) is 5.75 Å². The van der Waals surface area contributed by atoms with Crippen LogP contribution < -0.4 is 4.74 Å². The molecule has 0 fully saturated rings. The van der Waals surface area contributed by atoms with E-state index < -0.39 is 17.2 Å². The quantitative estimate of drug-likeness (QED) is 0.351. The first kappa shape index (κ1) is 25.3. The van der Waals surface area contributed by atoms with Gasteiger partial charge in [0.15, 0.2) is 0 Å². The summed E-state index contributed by atoms with van der Waals surface area (Å²) in [5.41, 5.74) is -1.60. The average molecular weight is 523 g/mol. The van der Waals surface area contributed by atoms with Gasteiger partial charge in [-0.25, -0.2) is 18.4 Å². The Labute approximate surface area is 201 Å². The standard InChI is InChI=1S/C24H29BrF2N4O2/c1-18(2)13-30(10-3-11-33-21-7-4-19(25)5-8-21)14-24(32,15-31-17-28-16-29-31)22-9-6-20(26)12-23(22)27/h4-9,12,16-18,32H,3,10-11,13-15H2,1-2H3. The number of benzene rings is 2. The molecule has 178 valence electrons. The first-order valence-corrected chi connectivity index (χ1v) is 11.7. The van der Waals surface area contributed by atoms with E-state index >= 15 is 0 Å². The Kier molecular flexibility index (Phi) is 8.94. The second kappa shape index (κ2) is 11.7. The van der Waals surface area contributed by atoms with Crippen LogP contribution in [0.25, 0.3) is 0 Å². The molecule has 3 aromatic rings. The third-order valence-corrected chi connectivity index (χ3v) is 5.66. The Balaban J connectivity index is 1.73. The van der Waals surface area contributed by atoms with Crippen LogP contribution in [0.1, 0.15) is 25.8 Å². The molecule has 1 aromatic heterocycles. The molecule has 0 amide bonds. The van der Waals surface area contributed by atoms with Crippen molar-refractivity contribution >= 4 is 15.9 Å². The van der Waals surface area contributed by atoms with Crippen LogP contribution >= 0.6 is 15.9 Å². The van der Waals surface area contributed by atoms with E-state index in [1.54, 1.807) is 0 Å². The minimum Gasteiger partial charge on any atom is -0.494 e. The molecule has 3 rings (SSSR count). The fourth-order valence-corrected chi connectivity index (χ4v) is 4.06. The maximum absolute atomic E-state index is 14.7. The number of nitrogens with zero attached hydrogens (tertiary/aromatic N) is 4. The van der Waals surface area contributed by atoms with Crippen LogP contribution in [0.5, 0.6) is 5.75 Å². The molecule has 0 aliphatic carbocycles. The SMILES string of the molecule is CC(C)CN(CCCOc1ccc(Br)cc1)CC(O)(Cn1cncn1)c1ccc(F)cc1F. The van der Waals surface area contributed by atoms with Crippen molar-refractivity contribution in [2.75, 3.05) is 26.2 Å². The van der Waals surface area contributed by atoms with E-state index in [1.807, 2.05) is 24.3 Å². The van der Waals surface area contributed by atoms with E-state index in [9.17, 15) is 13.9 Å². The molecule has 33 heavy (non-hydrogen) atoms. The number of halogens is 3. The number of hydrogen-bond donors (Lipinski definition) is 1. The van der Waals surface area contributed by atoms with Crippen molar-refractivity contribution in [3.05, 3.63) is 76.8 Å². The molecule has 0 spiro atoms. The van der Waals surface area contributed by atoms with Crippen LogP contribution in [-0.2, 0) is 12.1 Å². The lowest BCUT2D eigenvalue weighted by molar-refractivity contribution is -0.0248. The lowest BCUT2D eigenvalue weighted by atomic mass is 9.91. The molecule has 0 saturated heterocycles. The van der Waals surface area contributed by atoms with Gasteiger partial charge < -0.3 is 9.84 Å². The number of rotatable bonds is 12. The number of ether oxygens (including phenoxy) is 1. The lowest BCUT2D eigenvalue weighted by Crippen LogP contribution is -2.46.